The van der Waals surface area contributed by atoms with E-state index in [-0.39, 0.29) is 34.6 Å². The second-order valence-electron chi connectivity index (χ2n) is 5.96. The van der Waals surface area contributed by atoms with Crippen molar-refractivity contribution in [2.24, 2.45) is 0 Å². The normalized spacial score (nSPS) is 18.8. The monoisotopic (exact) mass is 344 g/mol. The van der Waals surface area contributed by atoms with Gasteiger partial charge in [-0.3, -0.25) is 9.59 Å². The van der Waals surface area contributed by atoms with Gasteiger partial charge in [-0.15, -0.1) is 0 Å². The first-order valence-corrected chi connectivity index (χ1v) is 9.49. The molecule has 0 N–H and O–H groups in total. The van der Waals surface area contributed by atoms with Crippen molar-refractivity contribution in [3.8, 4) is 0 Å². The summed E-state index contributed by atoms with van der Waals surface area (Å²) >= 11 is 2.82. The van der Waals surface area contributed by atoms with Crippen LogP contribution in [0.1, 0.15) is 47.5 Å². The molecule has 1 unspecified atom stereocenters. The highest BCUT2D eigenvalue weighted by atomic mass is 32.2. The fourth-order valence-corrected chi connectivity index (χ4v) is 3.89. The third-order valence-electron chi connectivity index (χ3n) is 2.97. The number of esters is 1. The van der Waals surface area contributed by atoms with E-state index in [0.717, 1.165) is 5.75 Å². The van der Waals surface area contributed by atoms with Crippen LogP contribution in [0.3, 0.4) is 0 Å². The fourth-order valence-electron chi connectivity index (χ4n) is 2.24. The topological polar surface area (TPSA) is 60.4 Å². The minimum Gasteiger partial charge on any atom is -0.456 e. The van der Waals surface area contributed by atoms with Crippen molar-refractivity contribution in [3.63, 3.8) is 0 Å². The van der Waals surface area contributed by atoms with E-state index in [1.54, 1.807) is 32.5 Å². The van der Waals surface area contributed by atoms with Gasteiger partial charge in [0.1, 0.15) is 11.2 Å². The molecule has 0 saturated heterocycles. The molecular weight excluding hydrogens is 320 g/mol. The lowest BCUT2D eigenvalue weighted by atomic mass is 10.1. The average molecular weight is 344 g/mol. The van der Waals surface area contributed by atoms with E-state index in [2.05, 4.69) is 0 Å². The maximum atomic E-state index is 12.3. The zero-order valence-electron chi connectivity index (χ0n) is 13.9. The van der Waals surface area contributed by atoms with E-state index in [9.17, 15) is 14.4 Å². The molecule has 0 saturated carbocycles. The average Bonchev–Trinajstić information content (AvgIpc) is 2.64. The van der Waals surface area contributed by atoms with Crippen molar-refractivity contribution < 1.29 is 19.1 Å². The van der Waals surface area contributed by atoms with Crippen molar-refractivity contribution in [1.29, 1.82) is 0 Å². The third-order valence-corrected chi connectivity index (χ3v) is 4.91. The van der Waals surface area contributed by atoms with Gasteiger partial charge in [0, 0.05) is 18.1 Å². The number of ketones is 1. The van der Waals surface area contributed by atoms with Crippen molar-refractivity contribution in [1.82, 2.24) is 0 Å². The smallest absolute Gasteiger partial charge is 0.342 e. The van der Waals surface area contributed by atoms with Crippen molar-refractivity contribution in [2.75, 3.05) is 11.5 Å². The number of thioether (sulfide) groups is 2. The molecule has 22 heavy (non-hydrogen) atoms. The first kappa shape index (κ1) is 19.3. The first-order valence-electron chi connectivity index (χ1n) is 7.46. The predicted molar refractivity (Wildman–Crippen MR) is 92.2 cm³/mol. The molecule has 0 fully saturated rings. The van der Waals surface area contributed by atoms with Crippen LogP contribution in [0.5, 0.6) is 0 Å². The SMILES string of the molecule is CCSC(=O)CC1=C(C(=O)OC(C)(C)C)C(=O)CC1SCC. The Morgan fingerprint density at radius 2 is 1.86 bits per heavy atom. The van der Waals surface area contributed by atoms with Crippen LogP contribution in [-0.4, -0.2) is 39.2 Å². The maximum absolute atomic E-state index is 12.3. The maximum Gasteiger partial charge on any atom is 0.342 e. The van der Waals surface area contributed by atoms with E-state index in [1.165, 1.54) is 11.8 Å². The molecule has 0 aromatic carbocycles. The molecule has 124 valence electrons. The zero-order valence-corrected chi connectivity index (χ0v) is 15.5. The van der Waals surface area contributed by atoms with Crippen molar-refractivity contribution in [2.45, 2.75) is 58.3 Å². The second-order valence-corrected chi connectivity index (χ2v) is 8.76. The lowest BCUT2D eigenvalue weighted by molar-refractivity contribution is -0.150. The van der Waals surface area contributed by atoms with E-state index >= 15 is 0 Å². The third kappa shape index (κ3) is 5.47. The number of carbonyl (C=O) groups excluding carboxylic acids is 3. The Hall–Kier alpha value is -0.750. The Balaban J connectivity index is 3.09. The van der Waals surface area contributed by atoms with Gasteiger partial charge in [0.15, 0.2) is 10.9 Å². The molecule has 1 rings (SSSR count). The number of ether oxygens (including phenoxy) is 1. The predicted octanol–water partition coefficient (Wildman–Crippen LogP) is 3.39. The second kappa shape index (κ2) is 8.20. The summed E-state index contributed by atoms with van der Waals surface area (Å²) in [5, 5.41) is -0.0867. The molecule has 0 amide bonds. The Morgan fingerprint density at radius 3 is 2.36 bits per heavy atom. The van der Waals surface area contributed by atoms with E-state index in [0.29, 0.717) is 11.3 Å². The van der Waals surface area contributed by atoms with Gasteiger partial charge in [0.2, 0.25) is 0 Å². The summed E-state index contributed by atoms with van der Waals surface area (Å²) in [6, 6.07) is 0. The van der Waals surface area contributed by atoms with E-state index < -0.39 is 11.6 Å². The van der Waals surface area contributed by atoms with Crippen LogP contribution in [0.15, 0.2) is 11.1 Å². The molecule has 1 aliphatic rings. The molecule has 1 atom stereocenters. The molecule has 0 aromatic heterocycles. The van der Waals surface area contributed by atoms with Crippen molar-refractivity contribution >= 4 is 40.4 Å². The molecule has 0 bridgehead atoms. The van der Waals surface area contributed by atoms with E-state index in [1.807, 2.05) is 13.8 Å². The van der Waals surface area contributed by atoms with E-state index in [4.69, 9.17) is 4.74 Å². The van der Waals surface area contributed by atoms with Crippen LogP contribution in [0.2, 0.25) is 0 Å². The molecule has 0 radical (unpaired) electrons. The number of hydrogen-bond donors (Lipinski definition) is 0. The minimum absolute atomic E-state index is 0.00467. The molecule has 0 spiro atoms. The van der Waals surface area contributed by atoms with Gasteiger partial charge < -0.3 is 4.74 Å². The van der Waals surface area contributed by atoms with Gasteiger partial charge in [0.05, 0.1) is 0 Å². The summed E-state index contributed by atoms with van der Waals surface area (Å²) in [5.41, 5.74) is 0.0937. The van der Waals surface area contributed by atoms with Crippen LogP contribution < -0.4 is 0 Å². The molecule has 6 heteroatoms. The summed E-state index contributed by atoms with van der Waals surface area (Å²) in [5.74, 6) is 0.719. The summed E-state index contributed by atoms with van der Waals surface area (Å²) < 4.78 is 5.35. The zero-order chi connectivity index (χ0) is 16.9. The van der Waals surface area contributed by atoms with Crippen LogP contribution in [0.25, 0.3) is 0 Å². The summed E-state index contributed by atoms with van der Waals surface area (Å²) in [6.45, 7) is 9.20. The number of hydrogen-bond acceptors (Lipinski definition) is 6. The standard InChI is InChI=1S/C16H24O4S2/c1-6-21-12-9-11(17)14(15(19)20-16(3,4)5)10(12)8-13(18)22-7-2/h12H,6-9H2,1-5H3. The Labute approximate surface area is 140 Å². The lowest BCUT2D eigenvalue weighted by Crippen LogP contribution is -2.26. The number of rotatable bonds is 6. The van der Waals surface area contributed by atoms with Gasteiger partial charge in [-0.1, -0.05) is 25.6 Å². The summed E-state index contributed by atoms with van der Waals surface area (Å²) in [6.07, 6.45) is 0.434. The molecule has 4 nitrogen and oxygen atoms in total. The lowest BCUT2D eigenvalue weighted by Gasteiger charge is -2.20. The Kier molecular flexibility index (Phi) is 7.19. The summed E-state index contributed by atoms with van der Waals surface area (Å²) in [7, 11) is 0. The minimum atomic E-state index is -0.659. The molecule has 0 aromatic rings. The Morgan fingerprint density at radius 1 is 1.23 bits per heavy atom. The summed E-state index contributed by atoms with van der Waals surface area (Å²) in [4.78, 5) is 36.6. The number of Topliss-reactive ketones (excluding diaryl/α,β-unsaturated/α-hetero) is 1. The van der Waals surface area contributed by atoms with Crippen LogP contribution >= 0.6 is 23.5 Å². The van der Waals surface area contributed by atoms with Crippen LogP contribution in [-0.2, 0) is 19.1 Å². The van der Waals surface area contributed by atoms with Gasteiger partial charge in [-0.2, -0.15) is 11.8 Å². The quantitative estimate of drug-likeness (QED) is 0.544. The molecular formula is C16H24O4S2. The Bertz CT molecular complexity index is 489. The highest BCUT2D eigenvalue weighted by molar-refractivity contribution is 8.13. The van der Waals surface area contributed by atoms with Gasteiger partial charge >= 0.3 is 5.97 Å². The molecule has 0 heterocycles. The highest BCUT2D eigenvalue weighted by Gasteiger charge is 2.38. The fraction of sp³-hybridized carbons (Fsp3) is 0.688. The van der Waals surface area contributed by atoms with Crippen LogP contribution in [0, 0.1) is 0 Å². The largest absolute Gasteiger partial charge is 0.456 e. The van der Waals surface area contributed by atoms with Crippen molar-refractivity contribution in [3.05, 3.63) is 11.1 Å². The number of carbonyl (C=O) groups is 3. The molecule has 0 aliphatic heterocycles. The molecule has 1 aliphatic carbocycles. The van der Waals surface area contributed by atoms with Crippen LogP contribution in [0.4, 0.5) is 0 Å². The van der Waals surface area contributed by atoms with Gasteiger partial charge in [-0.25, -0.2) is 4.79 Å². The van der Waals surface area contributed by atoms with Gasteiger partial charge in [-0.05, 0) is 37.9 Å². The first-order chi connectivity index (χ1) is 10.2. The highest BCUT2D eigenvalue weighted by Crippen LogP contribution is 2.37. The van der Waals surface area contributed by atoms with Gasteiger partial charge in [0.25, 0.3) is 0 Å².